The molecule has 42 heavy (non-hydrogen) atoms. The second-order valence-electron chi connectivity index (χ2n) is 9.39. The van der Waals surface area contributed by atoms with Gasteiger partial charge in [0, 0.05) is 28.1 Å². The van der Waals surface area contributed by atoms with Crippen molar-refractivity contribution in [3.8, 4) is 17.2 Å². The molecule has 0 amide bonds. The number of halogens is 4. The van der Waals surface area contributed by atoms with Crippen molar-refractivity contribution in [2.24, 2.45) is 0 Å². The molecule has 1 aliphatic heterocycles. The number of alkyl halides is 3. The lowest BCUT2D eigenvalue weighted by Crippen LogP contribution is -2.17. The van der Waals surface area contributed by atoms with E-state index < -0.39 is 23.1 Å². The number of aryl methyl sites for hydroxylation is 1. The third-order valence-electron chi connectivity index (χ3n) is 6.70. The van der Waals surface area contributed by atoms with Gasteiger partial charge in [0.1, 0.15) is 12.2 Å². The number of thioether (sulfide) groups is 1. The van der Waals surface area contributed by atoms with E-state index in [1.54, 1.807) is 44.7 Å². The zero-order chi connectivity index (χ0) is 30.0. The van der Waals surface area contributed by atoms with E-state index in [2.05, 4.69) is 15.2 Å². The molecular weight excluding hydrogens is 613 g/mol. The van der Waals surface area contributed by atoms with Gasteiger partial charge in [0.25, 0.3) is 0 Å². The Hall–Kier alpha value is -3.29. The van der Waals surface area contributed by atoms with Crippen LogP contribution in [0.4, 0.5) is 13.2 Å². The minimum Gasteiger partial charge on any atom is -0.493 e. The summed E-state index contributed by atoms with van der Waals surface area (Å²) in [4.78, 5) is 17.1. The van der Waals surface area contributed by atoms with Gasteiger partial charge in [0.05, 0.1) is 48.9 Å². The van der Waals surface area contributed by atoms with Crippen LogP contribution in [0.2, 0.25) is 5.02 Å². The SMILES string of the molecule is COC(=O)CCc1cnc(C[C@@H]2S[C@@H](c3cccc(OC)c3OC)c3cc(Cl)ccc3-n3c(CC(F)(F)F)nnc32)s1. The largest absolute Gasteiger partial charge is 0.493 e. The summed E-state index contributed by atoms with van der Waals surface area (Å²) in [6.07, 6.45) is -2.98. The molecule has 4 aromatic rings. The molecule has 2 aromatic carbocycles. The normalized spacial score (nSPS) is 16.4. The first-order valence-electron chi connectivity index (χ1n) is 12.8. The van der Waals surface area contributed by atoms with E-state index in [0.29, 0.717) is 46.4 Å². The summed E-state index contributed by atoms with van der Waals surface area (Å²) in [7, 11) is 4.42. The molecule has 0 saturated carbocycles. The molecular formula is C28H26ClF3N4O4S2. The quantitative estimate of drug-likeness (QED) is 0.187. The highest BCUT2D eigenvalue weighted by molar-refractivity contribution is 8.00. The Bertz CT molecular complexity index is 1590. The molecule has 0 unspecified atom stereocenters. The Morgan fingerprint density at radius 3 is 2.62 bits per heavy atom. The van der Waals surface area contributed by atoms with E-state index in [-0.39, 0.29) is 18.2 Å². The molecule has 0 N–H and O–H groups in total. The summed E-state index contributed by atoms with van der Waals surface area (Å²) in [5, 5.41) is 8.60. The average Bonchev–Trinajstić information content (AvgIpc) is 3.56. The minimum absolute atomic E-state index is 0.220. The van der Waals surface area contributed by atoms with Crippen molar-refractivity contribution < 1.29 is 32.2 Å². The summed E-state index contributed by atoms with van der Waals surface area (Å²) in [6.45, 7) is 0. The van der Waals surface area contributed by atoms with Crippen molar-refractivity contribution in [3.63, 3.8) is 0 Å². The molecule has 0 aliphatic carbocycles. The lowest BCUT2D eigenvalue weighted by molar-refractivity contribution is -0.140. The fraction of sp³-hybridized carbons (Fsp3) is 0.357. The van der Waals surface area contributed by atoms with Gasteiger partial charge in [-0.3, -0.25) is 9.36 Å². The maximum atomic E-state index is 13.7. The van der Waals surface area contributed by atoms with Crippen LogP contribution >= 0.6 is 34.7 Å². The van der Waals surface area contributed by atoms with E-state index in [4.69, 9.17) is 25.8 Å². The molecule has 5 rings (SSSR count). The van der Waals surface area contributed by atoms with Crippen molar-refractivity contribution in [2.75, 3.05) is 21.3 Å². The Morgan fingerprint density at radius 1 is 1.10 bits per heavy atom. The maximum absolute atomic E-state index is 13.7. The highest BCUT2D eigenvalue weighted by Crippen LogP contribution is 2.54. The molecule has 0 bridgehead atoms. The van der Waals surface area contributed by atoms with E-state index in [9.17, 15) is 18.0 Å². The number of nitrogens with zero attached hydrogens (tertiary/aromatic N) is 4. The van der Waals surface area contributed by atoms with Gasteiger partial charge in [-0.05, 0) is 36.2 Å². The number of esters is 1. The number of rotatable bonds is 9. The van der Waals surface area contributed by atoms with Gasteiger partial charge in [0.2, 0.25) is 0 Å². The third-order valence-corrected chi connectivity index (χ3v) is 9.50. The van der Waals surface area contributed by atoms with Crippen LogP contribution in [-0.4, -0.2) is 53.2 Å². The fourth-order valence-electron chi connectivity index (χ4n) is 4.88. The number of benzene rings is 2. The Balaban J connectivity index is 1.64. The standard InChI is InChI=1S/C28H26ClF3N4O4S2/c1-38-20-6-4-5-17(25(20)40-3)26-18-11-15(29)7-9-19(18)36-22(13-28(30,31)32)34-35-27(36)21(42-26)12-23-33-14-16(41-23)8-10-24(37)39-2/h4-7,9,11,14,21,26H,8,10,12-13H2,1-3H3/t21-,26-/m0/s1. The maximum Gasteiger partial charge on any atom is 0.396 e. The van der Waals surface area contributed by atoms with Gasteiger partial charge in [-0.2, -0.15) is 13.2 Å². The van der Waals surface area contributed by atoms with Crippen molar-refractivity contribution >= 4 is 40.7 Å². The van der Waals surface area contributed by atoms with Crippen LogP contribution in [0.3, 0.4) is 0 Å². The van der Waals surface area contributed by atoms with Gasteiger partial charge < -0.3 is 14.2 Å². The summed E-state index contributed by atoms with van der Waals surface area (Å²) < 4.78 is 58.6. The van der Waals surface area contributed by atoms with Gasteiger partial charge >= 0.3 is 12.1 Å². The molecule has 14 heteroatoms. The fourth-order valence-corrected chi connectivity index (χ4v) is 7.65. The van der Waals surface area contributed by atoms with Gasteiger partial charge in [-0.15, -0.1) is 33.3 Å². The molecule has 8 nitrogen and oxygen atoms in total. The number of carbonyl (C=O) groups is 1. The number of hydrogen-bond acceptors (Lipinski definition) is 9. The molecule has 1 aliphatic rings. The second-order valence-corrected chi connectivity index (χ2v) is 12.3. The molecule has 3 heterocycles. The van der Waals surface area contributed by atoms with Crippen LogP contribution in [0.5, 0.6) is 11.5 Å². The molecule has 0 saturated heterocycles. The number of para-hydroxylation sites is 1. The second kappa shape index (κ2) is 12.5. The van der Waals surface area contributed by atoms with E-state index in [1.807, 2.05) is 12.1 Å². The molecule has 0 fully saturated rings. The van der Waals surface area contributed by atoms with Crippen LogP contribution in [0.1, 0.15) is 49.6 Å². The Labute approximate surface area is 253 Å². The third kappa shape index (κ3) is 6.37. The van der Waals surface area contributed by atoms with Crippen molar-refractivity contribution in [1.29, 1.82) is 0 Å². The number of ether oxygens (including phenoxy) is 3. The monoisotopic (exact) mass is 638 g/mol. The molecule has 2 atom stereocenters. The molecule has 2 aromatic heterocycles. The molecule has 0 radical (unpaired) electrons. The minimum atomic E-state index is -4.50. The van der Waals surface area contributed by atoms with E-state index in [1.165, 1.54) is 34.8 Å². The number of hydrogen-bond donors (Lipinski definition) is 0. The zero-order valence-corrected chi connectivity index (χ0v) is 25.2. The predicted octanol–water partition coefficient (Wildman–Crippen LogP) is 6.72. The first-order valence-corrected chi connectivity index (χ1v) is 14.9. The average molecular weight is 639 g/mol. The number of aromatic nitrogens is 4. The first-order chi connectivity index (χ1) is 20.1. The lowest BCUT2D eigenvalue weighted by atomic mass is 10.0. The van der Waals surface area contributed by atoms with Crippen LogP contribution in [0.25, 0.3) is 5.69 Å². The highest BCUT2D eigenvalue weighted by Gasteiger charge is 2.38. The van der Waals surface area contributed by atoms with Crippen LogP contribution < -0.4 is 9.47 Å². The molecule has 0 spiro atoms. The first kappa shape index (κ1) is 30.2. The van der Waals surface area contributed by atoms with Crippen molar-refractivity contribution in [2.45, 2.75) is 42.4 Å². The lowest BCUT2D eigenvalue weighted by Gasteiger charge is -2.23. The van der Waals surface area contributed by atoms with Crippen LogP contribution in [0.15, 0.2) is 42.6 Å². The summed E-state index contributed by atoms with van der Waals surface area (Å²) in [5.41, 5.74) is 1.95. The van der Waals surface area contributed by atoms with Gasteiger partial charge in [0.15, 0.2) is 17.3 Å². The number of fused-ring (bicyclic) bond motifs is 3. The van der Waals surface area contributed by atoms with Crippen molar-refractivity contribution in [1.82, 2.24) is 19.7 Å². The predicted molar refractivity (Wildman–Crippen MR) is 154 cm³/mol. The van der Waals surface area contributed by atoms with Gasteiger partial charge in [-0.1, -0.05) is 23.7 Å². The zero-order valence-electron chi connectivity index (χ0n) is 22.8. The molecule has 222 valence electrons. The summed E-state index contributed by atoms with van der Waals surface area (Å²) in [6, 6.07) is 10.6. The number of thiazole rings is 1. The smallest absolute Gasteiger partial charge is 0.396 e. The number of carbonyl (C=O) groups excluding carboxylic acids is 1. The summed E-state index contributed by atoms with van der Waals surface area (Å²) in [5.74, 6) is 0.865. The highest BCUT2D eigenvalue weighted by atomic mass is 35.5. The van der Waals surface area contributed by atoms with Gasteiger partial charge in [-0.25, -0.2) is 4.98 Å². The van der Waals surface area contributed by atoms with Crippen molar-refractivity contribution in [3.05, 3.63) is 80.3 Å². The van der Waals surface area contributed by atoms with Crippen LogP contribution in [-0.2, 0) is 28.8 Å². The summed E-state index contributed by atoms with van der Waals surface area (Å²) >= 11 is 9.40. The van der Waals surface area contributed by atoms with E-state index >= 15 is 0 Å². The van der Waals surface area contributed by atoms with E-state index in [0.717, 1.165) is 15.4 Å². The Morgan fingerprint density at radius 2 is 1.90 bits per heavy atom. The Kier molecular flexibility index (Phi) is 9.00. The number of methoxy groups -OCH3 is 3. The van der Waals surface area contributed by atoms with Crippen LogP contribution in [0, 0.1) is 0 Å². The topological polar surface area (TPSA) is 88.4 Å².